The van der Waals surface area contributed by atoms with Gasteiger partial charge in [0.25, 0.3) is 0 Å². The monoisotopic (exact) mass is 172 g/mol. The predicted octanol–water partition coefficient (Wildman–Crippen LogP) is -0.371. The number of carbonyl (C=O) groups is 1. The minimum atomic E-state index is -0.451. The topological polar surface area (TPSA) is 64.3 Å². The average Bonchev–Trinajstić information content (AvgIpc) is 2.06. The molecule has 1 atom stereocenters. The third-order valence-corrected chi connectivity index (χ3v) is 2.08. The van der Waals surface area contributed by atoms with Crippen LogP contribution in [-0.2, 0) is 9.53 Å². The highest BCUT2D eigenvalue weighted by Gasteiger charge is 2.18. The van der Waals surface area contributed by atoms with E-state index in [1.807, 2.05) is 0 Å². The van der Waals surface area contributed by atoms with Gasteiger partial charge >= 0.3 is 0 Å². The Balaban J connectivity index is 2.24. The highest BCUT2D eigenvalue weighted by atomic mass is 16.5. The molecule has 0 aromatic rings. The Morgan fingerprint density at radius 2 is 2.17 bits per heavy atom. The molecule has 1 rings (SSSR count). The summed E-state index contributed by atoms with van der Waals surface area (Å²) in [5.41, 5.74) is 5.07. The molecule has 1 aliphatic heterocycles. The van der Waals surface area contributed by atoms with Crippen molar-refractivity contribution in [3.63, 3.8) is 0 Å². The van der Waals surface area contributed by atoms with Gasteiger partial charge < -0.3 is 15.8 Å². The third-order valence-electron chi connectivity index (χ3n) is 2.08. The molecule has 0 aromatic heterocycles. The van der Waals surface area contributed by atoms with Gasteiger partial charge in [-0.1, -0.05) is 0 Å². The van der Waals surface area contributed by atoms with Gasteiger partial charge in [-0.3, -0.25) is 4.79 Å². The summed E-state index contributed by atoms with van der Waals surface area (Å²) in [6.45, 7) is 3.64. The molecule has 0 aromatic carbocycles. The minimum Gasteiger partial charge on any atom is -0.367 e. The third kappa shape index (κ3) is 2.79. The summed E-state index contributed by atoms with van der Waals surface area (Å²) in [5, 5.41) is 3.22. The number of nitrogens with one attached hydrogen (secondary N) is 1. The van der Waals surface area contributed by atoms with Crippen LogP contribution in [0, 0.1) is 0 Å². The molecule has 0 saturated carbocycles. The first-order valence-corrected chi connectivity index (χ1v) is 4.35. The van der Waals surface area contributed by atoms with Crippen LogP contribution in [0.4, 0.5) is 0 Å². The number of ether oxygens (including phenoxy) is 1. The molecule has 1 unspecified atom stereocenters. The van der Waals surface area contributed by atoms with Crippen LogP contribution < -0.4 is 11.1 Å². The first-order chi connectivity index (χ1) is 5.70. The van der Waals surface area contributed by atoms with E-state index in [1.165, 1.54) is 0 Å². The lowest BCUT2D eigenvalue weighted by Gasteiger charge is -2.24. The van der Waals surface area contributed by atoms with E-state index >= 15 is 0 Å². The van der Waals surface area contributed by atoms with E-state index in [1.54, 1.807) is 6.92 Å². The van der Waals surface area contributed by atoms with Gasteiger partial charge in [0.05, 0.1) is 6.10 Å². The maximum Gasteiger partial charge on any atom is 0.246 e. The zero-order chi connectivity index (χ0) is 8.97. The molecule has 1 fully saturated rings. The van der Waals surface area contributed by atoms with Gasteiger partial charge in [-0.15, -0.1) is 0 Å². The molecular weight excluding hydrogens is 156 g/mol. The molecule has 1 aliphatic rings. The molecule has 0 bridgehead atoms. The first-order valence-electron chi connectivity index (χ1n) is 4.35. The highest BCUT2D eigenvalue weighted by molar-refractivity contribution is 5.78. The molecule has 4 nitrogen and oxygen atoms in total. The van der Waals surface area contributed by atoms with E-state index in [4.69, 9.17) is 10.5 Å². The van der Waals surface area contributed by atoms with E-state index in [0.717, 1.165) is 25.9 Å². The van der Waals surface area contributed by atoms with Crippen molar-refractivity contribution in [3.05, 3.63) is 0 Å². The van der Waals surface area contributed by atoms with Crippen molar-refractivity contribution in [2.24, 2.45) is 5.73 Å². The summed E-state index contributed by atoms with van der Waals surface area (Å²) in [6, 6.07) is 0. The Morgan fingerprint density at radius 3 is 2.67 bits per heavy atom. The Hall–Kier alpha value is -0.610. The fourth-order valence-corrected chi connectivity index (χ4v) is 1.29. The SMILES string of the molecule is CC(OC1CCNCC1)C(N)=O. The first kappa shape index (κ1) is 9.48. The van der Waals surface area contributed by atoms with Crippen LogP contribution in [0.3, 0.4) is 0 Å². The fourth-order valence-electron chi connectivity index (χ4n) is 1.29. The maximum atomic E-state index is 10.7. The molecule has 1 saturated heterocycles. The van der Waals surface area contributed by atoms with Crippen LogP contribution in [0.2, 0.25) is 0 Å². The fraction of sp³-hybridized carbons (Fsp3) is 0.875. The predicted molar refractivity (Wildman–Crippen MR) is 45.6 cm³/mol. The molecule has 3 N–H and O–H groups in total. The summed E-state index contributed by atoms with van der Waals surface area (Å²) in [5.74, 6) is -0.381. The average molecular weight is 172 g/mol. The van der Waals surface area contributed by atoms with Crippen LogP contribution >= 0.6 is 0 Å². The Kier molecular flexibility index (Phi) is 3.49. The zero-order valence-corrected chi connectivity index (χ0v) is 7.38. The lowest BCUT2D eigenvalue weighted by molar-refractivity contribution is -0.132. The van der Waals surface area contributed by atoms with Crippen LogP contribution in [0.5, 0.6) is 0 Å². The van der Waals surface area contributed by atoms with Crippen molar-refractivity contribution >= 4 is 5.91 Å². The zero-order valence-electron chi connectivity index (χ0n) is 7.38. The Bertz CT molecular complexity index is 155. The second-order valence-electron chi connectivity index (χ2n) is 3.13. The molecule has 0 spiro atoms. The van der Waals surface area contributed by atoms with Gasteiger partial charge in [-0.05, 0) is 32.9 Å². The van der Waals surface area contributed by atoms with Crippen LogP contribution in [0.15, 0.2) is 0 Å². The number of piperidine rings is 1. The number of hydrogen-bond donors (Lipinski definition) is 2. The highest BCUT2D eigenvalue weighted by Crippen LogP contribution is 2.09. The van der Waals surface area contributed by atoms with Gasteiger partial charge in [-0.2, -0.15) is 0 Å². The molecule has 4 heteroatoms. The van der Waals surface area contributed by atoms with E-state index in [2.05, 4.69) is 5.32 Å². The molecule has 1 amide bonds. The van der Waals surface area contributed by atoms with E-state index < -0.39 is 6.10 Å². The van der Waals surface area contributed by atoms with E-state index in [9.17, 15) is 4.79 Å². The number of amides is 1. The van der Waals surface area contributed by atoms with E-state index in [0.29, 0.717) is 0 Å². The van der Waals surface area contributed by atoms with E-state index in [-0.39, 0.29) is 12.0 Å². The van der Waals surface area contributed by atoms with Crippen LogP contribution in [0.25, 0.3) is 0 Å². The number of carbonyl (C=O) groups excluding carboxylic acids is 1. The summed E-state index contributed by atoms with van der Waals surface area (Å²) in [4.78, 5) is 10.7. The van der Waals surface area contributed by atoms with Gasteiger partial charge in [0.1, 0.15) is 6.10 Å². The summed E-state index contributed by atoms with van der Waals surface area (Å²) >= 11 is 0. The van der Waals surface area contributed by atoms with Crippen LogP contribution in [-0.4, -0.2) is 31.2 Å². The molecule has 0 aliphatic carbocycles. The normalized spacial score (nSPS) is 22.1. The van der Waals surface area contributed by atoms with Crippen molar-refractivity contribution < 1.29 is 9.53 Å². The molecule has 1 heterocycles. The maximum absolute atomic E-state index is 10.7. The van der Waals surface area contributed by atoms with Gasteiger partial charge in [-0.25, -0.2) is 0 Å². The molecular formula is C8H16N2O2. The number of nitrogens with two attached hydrogens (primary N) is 1. The van der Waals surface area contributed by atoms with Gasteiger partial charge in [0.15, 0.2) is 0 Å². The standard InChI is InChI=1S/C8H16N2O2/c1-6(8(9)11)12-7-2-4-10-5-3-7/h6-7,10H,2-5H2,1H3,(H2,9,11). The van der Waals surface area contributed by atoms with Crippen molar-refractivity contribution in [2.45, 2.75) is 32.0 Å². The lowest BCUT2D eigenvalue weighted by atomic mass is 10.1. The number of rotatable bonds is 3. The second kappa shape index (κ2) is 4.42. The molecule has 12 heavy (non-hydrogen) atoms. The van der Waals surface area contributed by atoms with Crippen molar-refractivity contribution in [2.75, 3.05) is 13.1 Å². The number of hydrogen-bond acceptors (Lipinski definition) is 3. The Labute approximate surface area is 72.5 Å². The van der Waals surface area contributed by atoms with Crippen molar-refractivity contribution in [3.8, 4) is 0 Å². The van der Waals surface area contributed by atoms with Crippen LogP contribution in [0.1, 0.15) is 19.8 Å². The molecule has 70 valence electrons. The summed E-state index contributed by atoms with van der Waals surface area (Å²) < 4.78 is 5.44. The quantitative estimate of drug-likeness (QED) is 0.610. The largest absolute Gasteiger partial charge is 0.367 e. The number of primary amides is 1. The Morgan fingerprint density at radius 1 is 1.58 bits per heavy atom. The lowest BCUT2D eigenvalue weighted by Crippen LogP contribution is -2.38. The van der Waals surface area contributed by atoms with Crippen molar-refractivity contribution in [1.29, 1.82) is 0 Å². The van der Waals surface area contributed by atoms with Gasteiger partial charge in [0, 0.05) is 0 Å². The summed E-state index contributed by atoms with van der Waals surface area (Å²) in [6.07, 6.45) is 1.69. The smallest absolute Gasteiger partial charge is 0.246 e. The van der Waals surface area contributed by atoms with Crippen molar-refractivity contribution in [1.82, 2.24) is 5.32 Å². The summed E-state index contributed by atoms with van der Waals surface area (Å²) in [7, 11) is 0. The minimum absolute atomic E-state index is 0.203. The van der Waals surface area contributed by atoms with Gasteiger partial charge in [0.2, 0.25) is 5.91 Å². The second-order valence-corrected chi connectivity index (χ2v) is 3.13. The molecule has 0 radical (unpaired) electrons.